The second-order valence-electron chi connectivity index (χ2n) is 8.26. The van der Waals surface area contributed by atoms with Gasteiger partial charge in [0.15, 0.2) is 0 Å². The lowest BCUT2D eigenvalue weighted by molar-refractivity contribution is -0.00236. The number of nitrogens with zero attached hydrogens (tertiary/aromatic N) is 3. The summed E-state index contributed by atoms with van der Waals surface area (Å²) in [6.07, 6.45) is 4.32. The third kappa shape index (κ3) is 3.76. The number of methoxy groups -OCH3 is 2. The molecule has 0 radical (unpaired) electrons. The van der Waals surface area contributed by atoms with E-state index in [2.05, 4.69) is 22.8 Å². The molecular weight excluding hydrogens is 354 g/mol. The highest BCUT2D eigenvalue weighted by molar-refractivity contribution is 5.90. The van der Waals surface area contributed by atoms with E-state index in [9.17, 15) is 5.11 Å². The van der Waals surface area contributed by atoms with Crippen molar-refractivity contribution in [2.45, 2.75) is 38.2 Å². The lowest BCUT2D eigenvalue weighted by Crippen LogP contribution is -2.54. The number of rotatable bonds is 5. The van der Waals surface area contributed by atoms with Gasteiger partial charge in [0.2, 0.25) is 0 Å². The van der Waals surface area contributed by atoms with Crippen molar-refractivity contribution in [1.82, 2.24) is 9.88 Å². The number of aryl methyl sites for hydroxylation is 1. The van der Waals surface area contributed by atoms with Crippen LogP contribution in [0.15, 0.2) is 18.2 Å². The van der Waals surface area contributed by atoms with Crippen LogP contribution in [-0.2, 0) is 0 Å². The number of ether oxygens (including phenoxy) is 2. The molecule has 0 bridgehead atoms. The number of likely N-dealkylation sites (tertiary alicyclic amines) is 1. The highest BCUT2D eigenvalue weighted by atomic mass is 16.5. The molecule has 2 aliphatic rings. The van der Waals surface area contributed by atoms with E-state index < -0.39 is 5.60 Å². The molecule has 2 aliphatic heterocycles. The summed E-state index contributed by atoms with van der Waals surface area (Å²) in [5.41, 5.74) is 1.30. The first-order chi connectivity index (χ1) is 13.5. The molecule has 6 heteroatoms. The molecule has 1 N–H and O–H groups in total. The van der Waals surface area contributed by atoms with Crippen molar-refractivity contribution in [3.8, 4) is 11.5 Å². The van der Waals surface area contributed by atoms with Gasteiger partial charge in [0, 0.05) is 31.1 Å². The van der Waals surface area contributed by atoms with E-state index in [-0.39, 0.29) is 0 Å². The van der Waals surface area contributed by atoms with Crippen molar-refractivity contribution in [3.05, 3.63) is 23.8 Å². The van der Waals surface area contributed by atoms with Gasteiger partial charge < -0.3 is 24.4 Å². The largest absolute Gasteiger partial charge is 0.497 e. The Hall–Kier alpha value is -2.05. The van der Waals surface area contributed by atoms with Gasteiger partial charge in [-0.3, -0.25) is 0 Å². The maximum atomic E-state index is 11.3. The summed E-state index contributed by atoms with van der Waals surface area (Å²) < 4.78 is 11.0. The second-order valence-corrected chi connectivity index (χ2v) is 8.26. The number of pyridine rings is 1. The smallest absolute Gasteiger partial charge is 0.148 e. The predicted molar refractivity (Wildman–Crippen MR) is 112 cm³/mol. The van der Waals surface area contributed by atoms with Gasteiger partial charge in [-0.2, -0.15) is 0 Å². The summed E-state index contributed by atoms with van der Waals surface area (Å²) in [6.45, 7) is 6.60. The van der Waals surface area contributed by atoms with Crippen LogP contribution in [-0.4, -0.2) is 67.5 Å². The Morgan fingerprint density at radius 2 is 1.86 bits per heavy atom. The quantitative estimate of drug-likeness (QED) is 0.854. The second kappa shape index (κ2) is 7.76. The molecule has 28 heavy (non-hydrogen) atoms. The van der Waals surface area contributed by atoms with Crippen LogP contribution in [0.4, 0.5) is 5.82 Å². The van der Waals surface area contributed by atoms with E-state index in [1.54, 1.807) is 14.2 Å². The molecule has 6 nitrogen and oxygen atoms in total. The first-order valence-corrected chi connectivity index (χ1v) is 10.2. The third-order valence-electron chi connectivity index (χ3n) is 6.10. The summed E-state index contributed by atoms with van der Waals surface area (Å²) in [4.78, 5) is 9.56. The van der Waals surface area contributed by atoms with Crippen LogP contribution in [0.3, 0.4) is 0 Å². The van der Waals surface area contributed by atoms with Gasteiger partial charge in [0.05, 0.1) is 19.8 Å². The summed E-state index contributed by atoms with van der Waals surface area (Å²) in [5.74, 6) is 2.39. The molecular formula is C22H31N3O3. The fourth-order valence-electron chi connectivity index (χ4n) is 4.65. The fraction of sp³-hybridized carbons (Fsp3) is 0.591. The minimum atomic E-state index is -0.670. The van der Waals surface area contributed by atoms with Gasteiger partial charge in [-0.1, -0.05) is 0 Å². The molecule has 1 aromatic carbocycles. The molecule has 1 aromatic heterocycles. The zero-order valence-electron chi connectivity index (χ0n) is 17.2. The number of anilines is 1. The van der Waals surface area contributed by atoms with Gasteiger partial charge in [-0.05, 0) is 63.4 Å². The van der Waals surface area contributed by atoms with E-state index >= 15 is 0 Å². The van der Waals surface area contributed by atoms with Gasteiger partial charge in [0.25, 0.3) is 0 Å². The van der Waals surface area contributed by atoms with Crippen molar-refractivity contribution in [2.75, 3.05) is 51.8 Å². The lowest BCUT2D eigenvalue weighted by Gasteiger charge is -2.41. The summed E-state index contributed by atoms with van der Waals surface area (Å²) in [5, 5.41) is 12.3. The average molecular weight is 386 g/mol. The Bertz CT molecular complexity index is 851. The number of aromatic nitrogens is 1. The monoisotopic (exact) mass is 385 g/mol. The minimum Gasteiger partial charge on any atom is -0.497 e. The summed E-state index contributed by atoms with van der Waals surface area (Å²) in [6, 6.07) is 5.99. The number of piperidine rings is 1. The normalized spacial score (nSPS) is 23.4. The van der Waals surface area contributed by atoms with Gasteiger partial charge in [-0.25, -0.2) is 4.98 Å². The first kappa shape index (κ1) is 19.3. The molecule has 1 unspecified atom stereocenters. The van der Waals surface area contributed by atoms with Gasteiger partial charge in [-0.15, -0.1) is 0 Å². The van der Waals surface area contributed by atoms with Crippen molar-refractivity contribution in [2.24, 2.45) is 0 Å². The predicted octanol–water partition coefficient (Wildman–Crippen LogP) is 2.99. The summed E-state index contributed by atoms with van der Waals surface area (Å²) >= 11 is 0. The maximum Gasteiger partial charge on any atom is 0.148 e. The Morgan fingerprint density at radius 3 is 2.57 bits per heavy atom. The Kier molecular flexibility index (Phi) is 5.34. The average Bonchev–Trinajstić information content (AvgIpc) is 3.19. The maximum absolute atomic E-state index is 11.3. The van der Waals surface area contributed by atoms with E-state index in [1.807, 2.05) is 12.1 Å². The van der Waals surface area contributed by atoms with Crippen molar-refractivity contribution >= 4 is 16.7 Å². The molecule has 2 saturated heterocycles. The van der Waals surface area contributed by atoms with Crippen LogP contribution in [0.1, 0.15) is 31.2 Å². The SMILES string of the molecule is COc1cc(OC)c2nc(N3CCCC(O)(CN4CCCC4)C3)cc(C)c2c1. The fourth-order valence-corrected chi connectivity index (χ4v) is 4.65. The van der Waals surface area contributed by atoms with E-state index in [0.29, 0.717) is 12.3 Å². The van der Waals surface area contributed by atoms with Crippen molar-refractivity contribution in [1.29, 1.82) is 0 Å². The van der Waals surface area contributed by atoms with Crippen molar-refractivity contribution < 1.29 is 14.6 Å². The summed E-state index contributed by atoms with van der Waals surface area (Å²) in [7, 11) is 3.32. The molecule has 0 spiro atoms. The number of aliphatic hydroxyl groups is 1. The molecule has 4 rings (SSSR count). The number of hydrogen-bond acceptors (Lipinski definition) is 6. The zero-order valence-corrected chi connectivity index (χ0v) is 17.2. The molecule has 0 saturated carbocycles. The van der Waals surface area contributed by atoms with Gasteiger partial charge >= 0.3 is 0 Å². The highest BCUT2D eigenvalue weighted by Crippen LogP contribution is 2.35. The zero-order chi connectivity index (χ0) is 19.7. The molecule has 3 heterocycles. The van der Waals surface area contributed by atoms with Crippen LogP contribution in [0, 0.1) is 6.92 Å². The van der Waals surface area contributed by atoms with Gasteiger partial charge in [0.1, 0.15) is 22.8 Å². The van der Waals surface area contributed by atoms with Crippen LogP contribution in [0.2, 0.25) is 0 Å². The van der Waals surface area contributed by atoms with Crippen molar-refractivity contribution in [3.63, 3.8) is 0 Å². The molecule has 0 aliphatic carbocycles. The standard InChI is InChI=1S/C22H31N3O3/c1-16-11-20(23-21-18(16)12-17(27-2)13-19(21)28-3)25-10-6-7-22(26,15-25)14-24-8-4-5-9-24/h11-13,26H,4-10,14-15H2,1-3H3. The Balaban J connectivity index is 1.64. The van der Waals surface area contributed by atoms with E-state index in [0.717, 1.165) is 67.1 Å². The van der Waals surface area contributed by atoms with E-state index in [4.69, 9.17) is 14.5 Å². The van der Waals surface area contributed by atoms with Crippen LogP contribution < -0.4 is 14.4 Å². The number of β-amino-alcohol motifs (C(OH)–C–C–N with tert-alkyl or cyclic N) is 1. The number of hydrogen-bond donors (Lipinski definition) is 1. The third-order valence-corrected chi connectivity index (χ3v) is 6.10. The van der Waals surface area contributed by atoms with Crippen LogP contribution >= 0.6 is 0 Å². The van der Waals surface area contributed by atoms with E-state index in [1.165, 1.54) is 12.8 Å². The first-order valence-electron chi connectivity index (χ1n) is 10.2. The molecule has 2 fully saturated rings. The minimum absolute atomic E-state index is 0.625. The number of benzene rings is 1. The van der Waals surface area contributed by atoms with Crippen LogP contribution in [0.5, 0.6) is 11.5 Å². The lowest BCUT2D eigenvalue weighted by atomic mass is 9.92. The molecule has 0 amide bonds. The Labute approximate surface area is 167 Å². The van der Waals surface area contributed by atoms with Crippen LogP contribution in [0.25, 0.3) is 10.9 Å². The molecule has 1 atom stereocenters. The Morgan fingerprint density at radius 1 is 1.07 bits per heavy atom. The molecule has 152 valence electrons. The topological polar surface area (TPSA) is 58.1 Å². The molecule has 2 aromatic rings. The highest BCUT2D eigenvalue weighted by Gasteiger charge is 2.36. The number of fused-ring (bicyclic) bond motifs is 1.